The van der Waals surface area contributed by atoms with Crippen LogP contribution in [0.3, 0.4) is 0 Å². The number of unbranched alkanes of at least 4 members (excludes halogenated alkanes) is 6. The van der Waals surface area contributed by atoms with Crippen molar-refractivity contribution in [2.24, 2.45) is 0 Å². The molecule has 9 rings (SSSR count). The first-order valence-corrected chi connectivity index (χ1v) is 24.7. The van der Waals surface area contributed by atoms with Gasteiger partial charge in [0.2, 0.25) is 0 Å². The van der Waals surface area contributed by atoms with Crippen LogP contribution in [0.15, 0.2) is 157 Å². The first-order valence-electron chi connectivity index (χ1n) is 24.7. The number of allylic oxidation sites excluding steroid dienone is 4. The Kier molecular flexibility index (Phi) is 12.2. The maximum absolute atomic E-state index is 2.70. The Morgan fingerprint density at radius 2 is 1.03 bits per heavy atom. The van der Waals surface area contributed by atoms with Gasteiger partial charge in [0.15, 0.2) is 0 Å². The molecule has 2 unspecified atom stereocenters. The van der Waals surface area contributed by atoms with E-state index in [1.165, 1.54) is 137 Å². The number of fused-ring (bicyclic) bond motifs is 9. The fraction of sp³-hybridized carbons (Fsp3) is 0.355. The highest BCUT2D eigenvalue weighted by Crippen LogP contribution is 2.65. The molecule has 0 aliphatic heterocycles. The lowest BCUT2D eigenvalue weighted by atomic mass is 9.66. The molecule has 0 bridgehead atoms. The van der Waals surface area contributed by atoms with E-state index in [-0.39, 0.29) is 10.8 Å². The minimum absolute atomic E-state index is 0.114. The summed E-state index contributed by atoms with van der Waals surface area (Å²) in [5.41, 5.74) is 20.4. The van der Waals surface area contributed by atoms with Crippen molar-refractivity contribution in [3.05, 3.63) is 191 Å². The van der Waals surface area contributed by atoms with Crippen LogP contribution >= 0.6 is 0 Å². The molecule has 0 N–H and O–H groups in total. The summed E-state index contributed by atoms with van der Waals surface area (Å²) in [5.74, 6) is 0. The molecule has 1 nitrogen and oxygen atoms in total. The van der Waals surface area contributed by atoms with Crippen molar-refractivity contribution in [1.82, 2.24) is 0 Å². The maximum Gasteiger partial charge on any atom is 0.0692 e. The van der Waals surface area contributed by atoms with E-state index < -0.39 is 5.41 Å². The van der Waals surface area contributed by atoms with Crippen molar-refractivity contribution >= 4 is 22.6 Å². The molecule has 3 aliphatic carbocycles. The minimum Gasteiger partial charge on any atom is -0.310 e. The zero-order valence-electron chi connectivity index (χ0n) is 39.1. The van der Waals surface area contributed by atoms with Crippen molar-refractivity contribution in [3.8, 4) is 22.3 Å². The van der Waals surface area contributed by atoms with Crippen LogP contribution in [0, 0.1) is 0 Å². The number of hydrogen-bond acceptors (Lipinski definition) is 1. The quantitative estimate of drug-likeness (QED) is 0.0780. The molecule has 6 aromatic rings. The number of para-hydroxylation sites is 2. The molecule has 0 radical (unpaired) electrons. The molecule has 63 heavy (non-hydrogen) atoms. The Bertz CT molecular complexity index is 2550. The van der Waals surface area contributed by atoms with Gasteiger partial charge in [-0.25, -0.2) is 0 Å². The molecular formula is C62H69N. The Labute approximate surface area is 380 Å². The van der Waals surface area contributed by atoms with Crippen molar-refractivity contribution in [1.29, 1.82) is 0 Å². The standard InChI is InChI=1S/C62H69N/c1-7-11-13-23-40-60(5,9-3)46-34-37-52-53-38-35-47(61(6,10-4)41-24-14-12-8-2)43-57(53)62(56(52)42-46)55-32-25-31-51(55)54-39-36-49(44-58(54)62)63(48-28-19-16-20-29-48)59-33-22-21-30-50(59)45-26-17-15-18-27-45/h15-22,25-31,33-39,42-44H,7-14,23-24,32,40-41H2,1-6H3. The maximum atomic E-state index is 2.70. The fourth-order valence-electron chi connectivity index (χ4n) is 11.7. The van der Waals surface area contributed by atoms with Crippen LogP contribution in [0.2, 0.25) is 0 Å². The molecule has 6 aromatic carbocycles. The summed E-state index contributed by atoms with van der Waals surface area (Å²) >= 11 is 0. The van der Waals surface area contributed by atoms with E-state index in [1.54, 1.807) is 5.57 Å². The van der Waals surface area contributed by atoms with E-state index in [4.69, 9.17) is 0 Å². The Hall–Kier alpha value is -5.40. The fourth-order valence-corrected chi connectivity index (χ4v) is 11.7. The van der Waals surface area contributed by atoms with Crippen LogP contribution in [0.1, 0.15) is 158 Å². The van der Waals surface area contributed by atoms with Crippen LogP contribution in [0.5, 0.6) is 0 Å². The largest absolute Gasteiger partial charge is 0.310 e. The first kappa shape index (κ1) is 42.9. The molecule has 3 aliphatic rings. The lowest BCUT2D eigenvalue weighted by Gasteiger charge is -2.36. The second-order valence-electron chi connectivity index (χ2n) is 19.5. The Morgan fingerprint density at radius 1 is 0.492 bits per heavy atom. The highest BCUT2D eigenvalue weighted by molar-refractivity contribution is 5.99. The third-order valence-corrected chi connectivity index (χ3v) is 15.8. The van der Waals surface area contributed by atoms with Gasteiger partial charge in [0.25, 0.3) is 0 Å². The number of hydrogen-bond donors (Lipinski definition) is 0. The van der Waals surface area contributed by atoms with E-state index in [1.807, 2.05) is 0 Å². The van der Waals surface area contributed by atoms with Gasteiger partial charge in [0, 0.05) is 16.9 Å². The van der Waals surface area contributed by atoms with Crippen molar-refractivity contribution < 1.29 is 0 Å². The summed E-state index contributed by atoms with van der Waals surface area (Å²) in [4.78, 5) is 2.51. The topological polar surface area (TPSA) is 3.24 Å². The normalized spacial score (nSPS) is 17.6. The molecule has 2 atom stereocenters. The van der Waals surface area contributed by atoms with Gasteiger partial charge in [0.05, 0.1) is 11.1 Å². The third kappa shape index (κ3) is 7.44. The average molecular weight is 828 g/mol. The van der Waals surface area contributed by atoms with Gasteiger partial charge in [-0.1, -0.05) is 214 Å². The zero-order valence-corrected chi connectivity index (χ0v) is 39.1. The summed E-state index contributed by atoms with van der Waals surface area (Å²) in [6, 6.07) is 53.8. The molecule has 0 heterocycles. The van der Waals surface area contributed by atoms with Gasteiger partial charge >= 0.3 is 0 Å². The SMILES string of the molecule is CCCCCCC(C)(CC)c1ccc2c(c1)C1(C3=C(C=CC3)c3ccc(N(c4ccccc4)c4ccccc4-c4ccccc4)cc31)c1cc(C(C)(CC)CCCCCC)ccc1-2. The monoisotopic (exact) mass is 828 g/mol. The van der Waals surface area contributed by atoms with Gasteiger partial charge in [-0.3, -0.25) is 0 Å². The Morgan fingerprint density at radius 3 is 1.62 bits per heavy atom. The van der Waals surface area contributed by atoms with E-state index in [0.717, 1.165) is 24.9 Å². The molecule has 0 saturated heterocycles. The molecule has 0 aromatic heterocycles. The zero-order chi connectivity index (χ0) is 43.6. The summed E-state index contributed by atoms with van der Waals surface area (Å²) < 4.78 is 0. The summed E-state index contributed by atoms with van der Waals surface area (Å²) in [5, 5.41) is 0. The van der Waals surface area contributed by atoms with Crippen molar-refractivity contribution in [3.63, 3.8) is 0 Å². The summed E-state index contributed by atoms with van der Waals surface area (Å²) in [7, 11) is 0. The van der Waals surface area contributed by atoms with Crippen LogP contribution in [-0.2, 0) is 16.2 Å². The third-order valence-electron chi connectivity index (χ3n) is 15.8. The van der Waals surface area contributed by atoms with Crippen LogP contribution in [-0.4, -0.2) is 0 Å². The molecule has 1 spiro atoms. The predicted octanol–water partition coefficient (Wildman–Crippen LogP) is 18.1. The van der Waals surface area contributed by atoms with Gasteiger partial charge in [-0.05, 0) is 134 Å². The highest BCUT2D eigenvalue weighted by Gasteiger charge is 2.54. The minimum atomic E-state index is -0.393. The smallest absolute Gasteiger partial charge is 0.0692 e. The molecular weight excluding hydrogens is 759 g/mol. The lowest BCUT2D eigenvalue weighted by Crippen LogP contribution is -2.30. The number of rotatable bonds is 18. The van der Waals surface area contributed by atoms with Gasteiger partial charge in [-0.15, -0.1) is 0 Å². The van der Waals surface area contributed by atoms with Crippen LogP contribution in [0.4, 0.5) is 17.1 Å². The highest BCUT2D eigenvalue weighted by atomic mass is 15.1. The van der Waals surface area contributed by atoms with Gasteiger partial charge in [0.1, 0.15) is 0 Å². The molecule has 0 amide bonds. The number of anilines is 3. The van der Waals surface area contributed by atoms with E-state index in [9.17, 15) is 0 Å². The number of nitrogens with zero attached hydrogens (tertiary/aromatic N) is 1. The predicted molar refractivity (Wildman–Crippen MR) is 272 cm³/mol. The summed E-state index contributed by atoms with van der Waals surface area (Å²) in [6.45, 7) is 14.6. The second kappa shape index (κ2) is 18.0. The molecule has 322 valence electrons. The molecule has 1 heteroatoms. The van der Waals surface area contributed by atoms with Crippen molar-refractivity contribution in [2.75, 3.05) is 4.90 Å². The van der Waals surface area contributed by atoms with Crippen LogP contribution < -0.4 is 4.90 Å². The number of benzene rings is 6. The van der Waals surface area contributed by atoms with Gasteiger partial charge in [-0.2, -0.15) is 0 Å². The second-order valence-corrected chi connectivity index (χ2v) is 19.5. The van der Waals surface area contributed by atoms with Gasteiger partial charge < -0.3 is 4.90 Å². The van der Waals surface area contributed by atoms with E-state index >= 15 is 0 Å². The van der Waals surface area contributed by atoms with Crippen LogP contribution in [0.25, 0.3) is 27.8 Å². The first-order chi connectivity index (χ1) is 30.8. The van der Waals surface area contributed by atoms with Crippen molar-refractivity contribution in [2.45, 2.75) is 141 Å². The molecule has 0 fully saturated rings. The summed E-state index contributed by atoms with van der Waals surface area (Å²) in [6.07, 6.45) is 20.9. The lowest BCUT2D eigenvalue weighted by molar-refractivity contribution is 0.395. The molecule has 0 saturated carbocycles. The average Bonchev–Trinajstić information content (AvgIpc) is 4.01. The van der Waals surface area contributed by atoms with E-state index in [0.29, 0.717) is 0 Å². The Balaban J connectivity index is 1.29. The van der Waals surface area contributed by atoms with E-state index in [2.05, 4.69) is 198 Å².